The number of aromatic nitrogens is 3. The van der Waals surface area contributed by atoms with E-state index in [1.165, 1.54) is 0 Å². The van der Waals surface area contributed by atoms with E-state index in [0.717, 1.165) is 10.8 Å². The molecule has 0 aliphatic carbocycles. The van der Waals surface area contributed by atoms with Crippen molar-refractivity contribution in [3.63, 3.8) is 0 Å². The summed E-state index contributed by atoms with van der Waals surface area (Å²) in [5.41, 5.74) is 0.430. The molecule has 8 heteroatoms. The maximum atomic E-state index is 12.8. The molecule has 0 fully saturated rings. The molecule has 7 nitrogen and oxygen atoms in total. The van der Waals surface area contributed by atoms with Crippen molar-refractivity contribution >= 4 is 26.5 Å². The first kappa shape index (κ1) is 19.8. The van der Waals surface area contributed by atoms with Gasteiger partial charge in [-0.05, 0) is 65.4 Å². The number of hydrogen-bond acceptors (Lipinski definition) is 5. The average molecular weight is 443 g/mol. The van der Waals surface area contributed by atoms with Crippen LogP contribution in [-0.2, 0) is 10.0 Å². The van der Waals surface area contributed by atoms with Crippen molar-refractivity contribution in [3.8, 4) is 17.4 Å². The Morgan fingerprint density at radius 2 is 1.50 bits per heavy atom. The molecule has 0 unspecified atom stereocenters. The summed E-state index contributed by atoms with van der Waals surface area (Å²) < 4.78 is 35.7. The van der Waals surface area contributed by atoms with E-state index in [4.69, 9.17) is 4.74 Å². The Morgan fingerprint density at radius 1 is 0.750 bits per heavy atom. The third kappa shape index (κ3) is 4.17. The van der Waals surface area contributed by atoms with Gasteiger partial charge in [-0.1, -0.05) is 30.3 Å². The highest BCUT2D eigenvalue weighted by molar-refractivity contribution is 7.92. The van der Waals surface area contributed by atoms with Gasteiger partial charge in [0.2, 0.25) is 5.88 Å². The molecular formula is C24H18N4O3S. The van der Waals surface area contributed by atoms with Crippen LogP contribution in [0.5, 0.6) is 11.6 Å². The zero-order valence-corrected chi connectivity index (χ0v) is 17.6. The normalized spacial score (nSPS) is 11.4. The molecule has 0 spiro atoms. The Hall–Kier alpha value is -4.17. The molecule has 0 bridgehead atoms. The van der Waals surface area contributed by atoms with Crippen LogP contribution in [0.4, 0.5) is 5.69 Å². The summed E-state index contributed by atoms with van der Waals surface area (Å²) in [5, 5.41) is 10.1. The third-order valence-electron chi connectivity index (χ3n) is 4.86. The molecule has 2 heterocycles. The number of nitrogens with zero attached hydrogens (tertiary/aromatic N) is 3. The molecule has 0 amide bonds. The number of benzene rings is 3. The number of ether oxygens (including phenoxy) is 1. The largest absolute Gasteiger partial charge is 0.438 e. The van der Waals surface area contributed by atoms with E-state index in [1.807, 2.05) is 53.4 Å². The van der Waals surface area contributed by atoms with E-state index in [1.54, 1.807) is 54.6 Å². The zero-order chi connectivity index (χ0) is 22.0. The fourth-order valence-electron chi connectivity index (χ4n) is 3.25. The maximum Gasteiger partial charge on any atom is 0.261 e. The second kappa shape index (κ2) is 8.16. The molecule has 1 N–H and O–H groups in total. The van der Waals surface area contributed by atoms with Crippen LogP contribution in [0.25, 0.3) is 16.6 Å². The molecule has 32 heavy (non-hydrogen) atoms. The van der Waals surface area contributed by atoms with Gasteiger partial charge in [0.05, 0.1) is 4.90 Å². The van der Waals surface area contributed by atoms with E-state index in [2.05, 4.69) is 14.9 Å². The van der Waals surface area contributed by atoms with Crippen molar-refractivity contribution in [2.75, 3.05) is 4.72 Å². The fourth-order valence-corrected chi connectivity index (χ4v) is 4.35. The van der Waals surface area contributed by atoms with E-state index in [-0.39, 0.29) is 4.90 Å². The summed E-state index contributed by atoms with van der Waals surface area (Å²) in [7, 11) is -3.72. The van der Waals surface area contributed by atoms with Gasteiger partial charge in [0, 0.05) is 24.1 Å². The van der Waals surface area contributed by atoms with Gasteiger partial charge >= 0.3 is 0 Å². The Morgan fingerprint density at radius 3 is 2.22 bits per heavy atom. The van der Waals surface area contributed by atoms with Crippen molar-refractivity contribution in [2.24, 2.45) is 0 Å². The highest BCUT2D eigenvalue weighted by atomic mass is 32.2. The molecule has 0 radical (unpaired) electrons. The molecule has 0 aliphatic heterocycles. The molecule has 0 aliphatic rings. The first-order chi connectivity index (χ1) is 15.6. The summed E-state index contributed by atoms with van der Waals surface area (Å²) in [4.78, 5) is 0.203. The highest BCUT2D eigenvalue weighted by Crippen LogP contribution is 2.24. The lowest BCUT2D eigenvalue weighted by atomic mass is 10.1. The van der Waals surface area contributed by atoms with E-state index in [0.29, 0.717) is 23.1 Å². The SMILES string of the molecule is O=S(=O)(Nc1ccc(Oc2ccc(-n3cccc3)nn2)cc1)c1ccc2ccccc2c1. The molecule has 158 valence electrons. The minimum absolute atomic E-state index is 0.203. The van der Waals surface area contributed by atoms with E-state index in [9.17, 15) is 8.42 Å². The van der Waals surface area contributed by atoms with Crippen molar-refractivity contribution in [2.45, 2.75) is 4.90 Å². The Kier molecular flexibility index (Phi) is 5.04. The Labute approximate surface area is 185 Å². The van der Waals surface area contributed by atoms with Crippen LogP contribution in [0, 0.1) is 0 Å². The molecule has 2 aromatic heterocycles. The smallest absolute Gasteiger partial charge is 0.261 e. The molecular weight excluding hydrogens is 424 g/mol. The van der Waals surface area contributed by atoms with Crippen LogP contribution in [-0.4, -0.2) is 23.2 Å². The number of hydrogen-bond donors (Lipinski definition) is 1. The summed E-state index contributed by atoms with van der Waals surface area (Å²) in [6.07, 6.45) is 3.75. The van der Waals surface area contributed by atoms with Crippen LogP contribution in [0.3, 0.4) is 0 Å². The standard InChI is InChI=1S/C24H18N4O3S/c29-32(30,22-12-7-18-5-1-2-6-19(18)17-22)27-20-8-10-21(11-9-20)31-24-14-13-23(25-26-24)28-15-3-4-16-28/h1-17,27H. The van der Waals surface area contributed by atoms with Crippen molar-refractivity contribution in [1.29, 1.82) is 0 Å². The number of fused-ring (bicyclic) bond motifs is 1. The molecule has 0 saturated heterocycles. The van der Waals surface area contributed by atoms with Crippen molar-refractivity contribution in [1.82, 2.24) is 14.8 Å². The monoisotopic (exact) mass is 442 g/mol. The lowest BCUT2D eigenvalue weighted by molar-refractivity contribution is 0.454. The topological polar surface area (TPSA) is 86.1 Å². The fraction of sp³-hybridized carbons (Fsp3) is 0. The number of nitrogens with one attached hydrogen (secondary N) is 1. The predicted molar refractivity (Wildman–Crippen MR) is 123 cm³/mol. The third-order valence-corrected chi connectivity index (χ3v) is 6.23. The first-order valence-electron chi connectivity index (χ1n) is 9.83. The average Bonchev–Trinajstić information content (AvgIpc) is 3.35. The van der Waals surface area contributed by atoms with Crippen LogP contribution in [0.1, 0.15) is 0 Å². The number of sulfonamides is 1. The summed E-state index contributed by atoms with van der Waals surface area (Å²) >= 11 is 0. The molecule has 5 rings (SSSR count). The number of anilines is 1. The minimum atomic E-state index is -3.72. The Balaban J connectivity index is 1.28. The van der Waals surface area contributed by atoms with Crippen LogP contribution in [0.2, 0.25) is 0 Å². The molecule has 0 atom stereocenters. The van der Waals surface area contributed by atoms with E-state index < -0.39 is 10.0 Å². The first-order valence-corrected chi connectivity index (χ1v) is 11.3. The summed E-state index contributed by atoms with van der Waals surface area (Å²) in [5.74, 6) is 1.54. The number of rotatable bonds is 6. The van der Waals surface area contributed by atoms with Crippen molar-refractivity contribution < 1.29 is 13.2 Å². The van der Waals surface area contributed by atoms with Gasteiger partial charge in [-0.25, -0.2) is 8.42 Å². The van der Waals surface area contributed by atoms with Gasteiger partial charge in [0.15, 0.2) is 5.82 Å². The lowest BCUT2D eigenvalue weighted by Gasteiger charge is -2.10. The predicted octanol–water partition coefficient (Wildman–Crippen LogP) is 5.01. The van der Waals surface area contributed by atoms with Gasteiger partial charge in [-0.15, -0.1) is 10.2 Å². The second-order valence-electron chi connectivity index (χ2n) is 7.06. The highest BCUT2D eigenvalue weighted by Gasteiger charge is 2.15. The van der Waals surface area contributed by atoms with Gasteiger partial charge in [0.1, 0.15) is 5.75 Å². The summed E-state index contributed by atoms with van der Waals surface area (Å²) in [6.45, 7) is 0. The Bertz CT molecular complexity index is 1460. The quantitative estimate of drug-likeness (QED) is 0.399. The van der Waals surface area contributed by atoms with Gasteiger partial charge < -0.3 is 9.30 Å². The zero-order valence-electron chi connectivity index (χ0n) is 16.8. The van der Waals surface area contributed by atoms with Gasteiger partial charge in [-0.3, -0.25) is 4.72 Å². The van der Waals surface area contributed by atoms with Gasteiger partial charge in [-0.2, -0.15) is 0 Å². The molecule has 0 saturated carbocycles. The van der Waals surface area contributed by atoms with Crippen LogP contribution in [0.15, 0.2) is 108 Å². The summed E-state index contributed by atoms with van der Waals surface area (Å²) in [6, 6.07) is 26.6. The molecule has 5 aromatic rings. The lowest BCUT2D eigenvalue weighted by Crippen LogP contribution is -2.12. The van der Waals surface area contributed by atoms with E-state index >= 15 is 0 Å². The van der Waals surface area contributed by atoms with Crippen LogP contribution >= 0.6 is 0 Å². The minimum Gasteiger partial charge on any atom is -0.438 e. The maximum absolute atomic E-state index is 12.8. The van der Waals surface area contributed by atoms with Crippen molar-refractivity contribution in [3.05, 3.63) is 103 Å². The molecule has 3 aromatic carbocycles. The van der Waals surface area contributed by atoms with Crippen LogP contribution < -0.4 is 9.46 Å². The van der Waals surface area contributed by atoms with Gasteiger partial charge in [0.25, 0.3) is 10.0 Å². The second-order valence-corrected chi connectivity index (χ2v) is 8.74.